The molecular weight excluding hydrogens is 735 g/mol. The van der Waals surface area contributed by atoms with Gasteiger partial charge in [-0.1, -0.05) is 54.6 Å². The molecule has 4 heterocycles. The van der Waals surface area contributed by atoms with E-state index in [1.54, 1.807) is 4.90 Å². The van der Waals surface area contributed by atoms with E-state index in [0.29, 0.717) is 56.1 Å². The average molecular weight is 784 g/mol. The molecule has 1 fully saturated rings. The molecule has 11 heteroatoms. The highest BCUT2D eigenvalue weighted by atomic mass is 32.2. The Kier molecular flexibility index (Phi) is 11.2. The van der Waals surface area contributed by atoms with Crippen molar-refractivity contribution in [1.29, 1.82) is 0 Å². The maximum Gasteiger partial charge on any atom is 0.415 e. The maximum atomic E-state index is 15.4. The van der Waals surface area contributed by atoms with Crippen LogP contribution in [0.3, 0.4) is 0 Å². The fraction of sp³-hybridized carbons (Fsp3) is 0.326. The third-order valence-corrected chi connectivity index (χ3v) is 12.5. The summed E-state index contributed by atoms with van der Waals surface area (Å²) in [6.45, 7) is 8.95. The first-order chi connectivity index (χ1) is 27.7. The molecule has 10 nitrogen and oxygen atoms in total. The number of amides is 3. The number of fused-ring (bicyclic) bond motifs is 2. The van der Waals surface area contributed by atoms with Crippen molar-refractivity contribution in [2.75, 3.05) is 51.0 Å². The summed E-state index contributed by atoms with van der Waals surface area (Å²) in [5.74, 6) is 0.258. The number of para-hydroxylation sites is 2. The van der Waals surface area contributed by atoms with Gasteiger partial charge in [-0.25, -0.2) is 4.79 Å². The number of hydrogen-bond acceptors (Lipinski definition) is 7. The summed E-state index contributed by atoms with van der Waals surface area (Å²) in [5.41, 5.74) is 9.57. The van der Waals surface area contributed by atoms with E-state index >= 15 is 4.79 Å². The number of nitrogens with one attached hydrogen (secondary N) is 1. The topological polar surface area (TPSA) is 96.3 Å². The zero-order valence-electron chi connectivity index (χ0n) is 33.0. The van der Waals surface area contributed by atoms with E-state index in [9.17, 15) is 9.59 Å². The lowest BCUT2D eigenvalue weighted by atomic mass is 9.89. The van der Waals surface area contributed by atoms with Crippen molar-refractivity contribution in [3.05, 3.63) is 136 Å². The van der Waals surface area contributed by atoms with Crippen molar-refractivity contribution < 1.29 is 23.9 Å². The van der Waals surface area contributed by atoms with Gasteiger partial charge in [-0.3, -0.25) is 14.5 Å². The van der Waals surface area contributed by atoms with E-state index < -0.39 is 6.09 Å². The Labute approximate surface area is 338 Å². The number of aryl methyl sites for hydroxylation is 1. The zero-order valence-corrected chi connectivity index (χ0v) is 33.9. The first-order valence-electron chi connectivity index (χ1n) is 19.7. The number of hydrogen-bond donors (Lipinski definition) is 1. The summed E-state index contributed by atoms with van der Waals surface area (Å²) in [6, 6.07) is 29.6. The van der Waals surface area contributed by atoms with Crippen molar-refractivity contribution in [3.8, 4) is 17.0 Å². The minimum absolute atomic E-state index is 0.0528. The number of ether oxygens (including phenoxy) is 2. The van der Waals surface area contributed by atoms with E-state index in [-0.39, 0.29) is 17.9 Å². The van der Waals surface area contributed by atoms with Crippen molar-refractivity contribution in [2.24, 2.45) is 7.05 Å². The molecule has 1 aromatic heterocycles. The van der Waals surface area contributed by atoms with Crippen LogP contribution in [0.25, 0.3) is 11.3 Å². The Morgan fingerprint density at radius 1 is 0.825 bits per heavy atom. The largest absolute Gasteiger partial charge is 0.415 e. The predicted molar refractivity (Wildman–Crippen MR) is 224 cm³/mol. The van der Waals surface area contributed by atoms with E-state index in [2.05, 4.69) is 34.5 Å². The van der Waals surface area contributed by atoms with Gasteiger partial charge in [-0.15, -0.1) is 11.8 Å². The van der Waals surface area contributed by atoms with Crippen LogP contribution in [0, 0.1) is 13.8 Å². The number of morpholine rings is 1. The normalized spacial score (nSPS) is 16.8. The number of rotatable bonds is 8. The molecule has 1 saturated heterocycles. The van der Waals surface area contributed by atoms with Crippen LogP contribution >= 0.6 is 11.8 Å². The van der Waals surface area contributed by atoms with Gasteiger partial charge in [0.05, 0.1) is 18.8 Å². The monoisotopic (exact) mass is 783 g/mol. The van der Waals surface area contributed by atoms with E-state index in [0.717, 1.165) is 75.8 Å². The summed E-state index contributed by atoms with van der Waals surface area (Å²) in [5, 5.41) is 3.10. The Morgan fingerprint density at radius 3 is 2.35 bits per heavy atom. The Balaban J connectivity index is 1.18. The second kappa shape index (κ2) is 16.6. The van der Waals surface area contributed by atoms with Gasteiger partial charge < -0.3 is 29.2 Å². The van der Waals surface area contributed by atoms with E-state index in [1.807, 2.05) is 103 Å². The molecule has 5 aromatic rings. The molecule has 0 unspecified atom stereocenters. The number of carbonyl (C=O) groups is 3. The maximum absolute atomic E-state index is 15.4. The third-order valence-electron chi connectivity index (χ3n) is 11.7. The van der Waals surface area contributed by atoms with Gasteiger partial charge in [-0.2, -0.15) is 0 Å². The number of thioether (sulfide) groups is 1. The molecular formula is C46H49N5O5S. The fourth-order valence-corrected chi connectivity index (χ4v) is 8.86. The van der Waals surface area contributed by atoms with Crippen molar-refractivity contribution >= 4 is 35.4 Å². The van der Waals surface area contributed by atoms with Crippen LogP contribution in [-0.4, -0.2) is 88.9 Å². The first kappa shape index (κ1) is 38.5. The molecule has 294 valence electrons. The summed E-state index contributed by atoms with van der Waals surface area (Å²) >= 11 is 1.53. The number of benzene rings is 4. The summed E-state index contributed by atoms with van der Waals surface area (Å²) in [6.07, 6.45) is 2.89. The number of nitrogens with zero attached hydrogens (tertiary/aromatic N) is 4. The van der Waals surface area contributed by atoms with Crippen LogP contribution in [0.4, 0.5) is 10.5 Å². The second-order valence-corrected chi connectivity index (χ2v) is 16.0. The minimum Gasteiger partial charge on any atom is -0.409 e. The molecule has 3 aliphatic heterocycles. The molecule has 0 bridgehead atoms. The SMILES string of the molecule is CSc1ccccc1OC(=O)N1CCc2cc(-c3cc(C(=O)Nc4ccccc4C)c(C)n3C)c(C(=O)N3Cc4ccccc4C[C@H]3CN3CCOCC3)cc2C1. The van der Waals surface area contributed by atoms with Gasteiger partial charge in [0.1, 0.15) is 5.75 Å². The van der Waals surface area contributed by atoms with Gasteiger partial charge in [0.2, 0.25) is 0 Å². The van der Waals surface area contributed by atoms with E-state index in [1.165, 1.54) is 17.3 Å². The molecule has 1 atom stereocenters. The van der Waals surface area contributed by atoms with Crippen molar-refractivity contribution in [3.63, 3.8) is 0 Å². The van der Waals surface area contributed by atoms with Crippen LogP contribution in [0.15, 0.2) is 95.9 Å². The van der Waals surface area contributed by atoms with Gasteiger partial charge >= 0.3 is 6.09 Å². The third kappa shape index (κ3) is 7.97. The van der Waals surface area contributed by atoms with Crippen LogP contribution in [0.1, 0.15) is 54.2 Å². The zero-order chi connectivity index (χ0) is 39.6. The van der Waals surface area contributed by atoms with Gasteiger partial charge in [-0.05, 0) is 97.2 Å². The quantitative estimate of drug-likeness (QED) is 0.161. The minimum atomic E-state index is -0.417. The standard InChI is InChI=1S/C46H49N5O5S/c1-30-11-5-8-14-40(30)47-44(52)37-26-41(48(3)31(37)2)38-24-33-17-18-50(46(54)56-42-15-9-10-16-43(42)57-4)27-35(33)25-39(38)45(53)51-28-34-13-7-6-12-32(34)23-36(51)29-49-19-21-55-22-20-49/h5-16,24-26,36H,17-23,27-29H2,1-4H3,(H,47,52)/t36-/m0/s1. The van der Waals surface area contributed by atoms with Gasteiger partial charge in [0.25, 0.3) is 11.8 Å². The van der Waals surface area contributed by atoms with Gasteiger partial charge in [0, 0.05) is 85.5 Å². The lowest BCUT2D eigenvalue weighted by molar-refractivity contribution is 0.0193. The Bertz CT molecular complexity index is 2330. The Hall–Kier alpha value is -5.36. The molecule has 8 rings (SSSR count). The highest BCUT2D eigenvalue weighted by molar-refractivity contribution is 7.98. The number of aromatic nitrogens is 1. The molecule has 0 radical (unpaired) electrons. The van der Waals surface area contributed by atoms with E-state index in [4.69, 9.17) is 9.47 Å². The van der Waals surface area contributed by atoms with Gasteiger partial charge in [0.15, 0.2) is 0 Å². The predicted octanol–water partition coefficient (Wildman–Crippen LogP) is 7.74. The molecule has 3 amide bonds. The molecule has 57 heavy (non-hydrogen) atoms. The van der Waals surface area contributed by atoms with Crippen LogP contribution < -0.4 is 10.1 Å². The molecule has 0 aliphatic carbocycles. The van der Waals surface area contributed by atoms with Crippen LogP contribution in [0.2, 0.25) is 0 Å². The average Bonchev–Trinajstić information content (AvgIpc) is 3.53. The molecule has 1 N–H and O–H groups in total. The molecule has 0 spiro atoms. The molecule has 4 aromatic carbocycles. The lowest BCUT2D eigenvalue weighted by Gasteiger charge is -2.41. The highest BCUT2D eigenvalue weighted by Crippen LogP contribution is 2.36. The summed E-state index contributed by atoms with van der Waals surface area (Å²) in [7, 11) is 1.95. The lowest BCUT2D eigenvalue weighted by Crippen LogP contribution is -2.52. The molecule has 0 saturated carbocycles. The summed E-state index contributed by atoms with van der Waals surface area (Å²) < 4.78 is 13.6. The number of anilines is 1. The first-order valence-corrected chi connectivity index (χ1v) is 20.9. The smallest absolute Gasteiger partial charge is 0.409 e. The fourth-order valence-electron chi connectivity index (χ4n) is 8.33. The van der Waals surface area contributed by atoms with Crippen LogP contribution in [0.5, 0.6) is 5.75 Å². The Morgan fingerprint density at radius 2 is 1.56 bits per heavy atom. The van der Waals surface area contributed by atoms with Crippen molar-refractivity contribution in [2.45, 2.75) is 50.7 Å². The molecule has 3 aliphatic rings. The summed E-state index contributed by atoms with van der Waals surface area (Å²) in [4.78, 5) is 49.9. The second-order valence-electron chi connectivity index (χ2n) is 15.2. The van der Waals surface area contributed by atoms with Crippen LogP contribution in [-0.2, 0) is 37.7 Å². The highest BCUT2D eigenvalue weighted by Gasteiger charge is 2.35. The number of carbonyl (C=O) groups excluding carboxylic acids is 3. The van der Waals surface area contributed by atoms with Crippen molar-refractivity contribution in [1.82, 2.24) is 19.3 Å².